The van der Waals surface area contributed by atoms with Gasteiger partial charge in [-0.15, -0.1) is 11.8 Å². The van der Waals surface area contributed by atoms with Gasteiger partial charge in [0.05, 0.1) is 0 Å². The van der Waals surface area contributed by atoms with Gasteiger partial charge in [-0.3, -0.25) is 11.3 Å². The Balaban J connectivity index is 2.34. The molecule has 2 nitrogen and oxygen atoms in total. The van der Waals surface area contributed by atoms with Crippen LogP contribution in [0.15, 0.2) is 0 Å². The normalized spacial score (nSPS) is 20.9. The van der Waals surface area contributed by atoms with Gasteiger partial charge in [-0.2, -0.15) is 0 Å². The van der Waals surface area contributed by atoms with E-state index in [2.05, 4.69) is 24.2 Å². The van der Waals surface area contributed by atoms with Crippen molar-refractivity contribution in [3.8, 4) is 11.8 Å². The van der Waals surface area contributed by atoms with Gasteiger partial charge in [-0.25, -0.2) is 0 Å². The van der Waals surface area contributed by atoms with Gasteiger partial charge in [-0.05, 0) is 31.6 Å². The molecule has 1 saturated carbocycles. The highest BCUT2D eigenvalue weighted by Gasteiger charge is 2.32. The van der Waals surface area contributed by atoms with Crippen LogP contribution >= 0.6 is 0 Å². The first-order chi connectivity index (χ1) is 5.79. The lowest BCUT2D eigenvalue weighted by molar-refractivity contribution is 0.350. The van der Waals surface area contributed by atoms with Gasteiger partial charge < -0.3 is 0 Å². The lowest BCUT2D eigenvalue weighted by Gasteiger charge is -2.20. The van der Waals surface area contributed by atoms with E-state index in [9.17, 15) is 0 Å². The molecule has 0 amide bonds. The molecule has 2 heteroatoms. The number of nitrogens with two attached hydrogens (primary N) is 1. The van der Waals surface area contributed by atoms with Gasteiger partial charge in [0.2, 0.25) is 0 Å². The number of rotatable bonds is 4. The summed E-state index contributed by atoms with van der Waals surface area (Å²) in [6.45, 7) is 4.13. The summed E-state index contributed by atoms with van der Waals surface area (Å²) in [7, 11) is 0. The predicted octanol–water partition coefficient (Wildman–Crippen LogP) is 1.28. The Kier molecular flexibility index (Phi) is 3.58. The molecule has 1 fully saturated rings. The number of hydrazine groups is 1. The Hall–Kier alpha value is -0.520. The van der Waals surface area contributed by atoms with E-state index in [0.29, 0.717) is 12.0 Å². The van der Waals surface area contributed by atoms with Crippen molar-refractivity contribution in [3.63, 3.8) is 0 Å². The first kappa shape index (κ1) is 9.57. The third-order valence-corrected chi connectivity index (χ3v) is 2.71. The molecule has 1 rings (SSSR count). The van der Waals surface area contributed by atoms with E-state index in [1.54, 1.807) is 0 Å². The summed E-state index contributed by atoms with van der Waals surface area (Å²) >= 11 is 0. The van der Waals surface area contributed by atoms with Crippen molar-refractivity contribution >= 4 is 0 Å². The van der Waals surface area contributed by atoms with E-state index >= 15 is 0 Å². The molecule has 3 N–H and O–H groups in total. The zero-order valence-electron chi connectivity index (χ0n) is 7.93. The summed E-state index contributed by atoms with van der Waals surface area (Å²) in [5, 5.41) is 0. The van der Waals surface area contributed by atoms with Crippen LogP contribution in [0.2, 0.25) is 0 Å². The third-order valence-electron chi connectivity index (χ3n) is 2.71. The van der Waals surface area contributed by atoms with Crippen LogP contribution in [0.5, 0.6) is 0 Å². The maximum atomic E-state index is 5.46. The first-order valence-corrected chi connectivity index (χ1v) is 4.65. The van der Waals surface area contributed by atoms with E-state index in [1.165, 1.54) is 12.8 Å². The Labute approximate surface area is 74.9 Å². The van der Waals surface area contributed by atoms with E-state index < -0.39 is 0 Å². The van der Waals surface area contributed by atoms with Crippen LogP contribution in [0.1, 0.15) is 33.1 Å². The van der Waals surface area contributed by atoms with Crippen LogP contribution in [0.4, 0.5) is 0 Å². The molecule has 0 aromatic rings. The highest BCUT2D eigenvalue weighted by atomic mass is 15.2. The summed E-state index contributed by atoms with van der Waals surface area (Å²) < 4.78 is 0. The minimum Gasteiger partial charge on any atom is -0.271 e. The molecule has 0 aromatic carbocycles. The van der Waals surface area contributed by atoms with Crippen LogP contribution in [-0.2, 0) is 0 Å². The number of hydrogen-bond donors (Lipinski definition) is 2. The fourth-order valence-electron chi connectivity index (χ4n) is 1.56. The number of hydrogen-bond acceptors (Lipinski definition) is 2. The second-order valence-electron chi connectivity index (χ2n) is 3.60. The van der Waals surface area contributed by atoms with Crippen molar-refractivity contribution in [2.45, 2.75) is 39.2 Å². The maximum absolute atomic E-state index is 5.46. The molecule has 2 atom stereocenters. The van der Waals surface area contributed by atoms with Gasteiger partial charge in [0.1, 0.15) is 0 Å². The van der Waals surface area contributed by atoms with Crippen molar-refractivity contribution in [2.75, 3.05) is 0 Å². The first-order valence-electron chi connectivity index (χ1n) is 4.65. The Bertz CT molecular complexity index is 186. The van der Waals surface area contributed by atoms with Crippen molar-refractivity contribution in [3.05, 3.63) is 0 Å². The molecule has 0 saturated heterocycles. The van der Waals surface area contributed by atoms with Gasteiger partial charge >= 0.3 is 0 Å². The van der Waals surface area contributed by atoms with E-state index in [-0.39, 0.29) is 0 Å². The predicted molar refractivity (Wildman–Crippen MR) is 51.1 cm³/mol. The van der Waals surface area contributed by atoms with E-state index in [4.69, 9.17) is 5.84 Å². The summed E-state index contributed by atoms with van der Waals surface area (Å²) in [5.41, 5.74) is 2.86. The second kappa shape index (κ2) is 4.49. The molecule has 0 aromatic heterocycles. The number of nitrogens with one attached hydrogen (secondary N) is 1. The van der Waals surface area contributed by atoms with E-state index in [1.807, 2.05) is 6.92 Å². The lowest BCUT2D eigenvalue weighted by Crippen LogP contribution is -2.40. The molecular formula is C10H18N2. The van der Waals surface area contributed by atoms with Crippen molar-refractivity contribution in [1.29, 1.82) is 0 Å². The minimum absolute atomic E-state index is 0.380. The highest BCUT2D eigenvalue weighted by molar-refractivity contribution is 5.00. The van der Waals surface area contributed by atoms with Crippen LogP contribution < -0.4 is 11.3 Å². The summed E-state index contributed by atoms with van der Waals surface area (Å²) in [4.78, 5) is 0. The molecule has 0 bridgehead atoms. The molecule has 12 heavy (non-hydrogen) atoms. The Morgan fingerprint density at radius 3 is 2.67 bits per heavy atom. The molecule has 68 valence electrons. The Morgan fingerprint density at radius 2 is 2.25 bits per heavy atom. The zero-order valence-corrected chi connectivity index (χ0v) is 7.93. The summed E-state index contributed by atoms with van der Waals surface area (Å²) in [6, 6.07) is 0.380. The highest BCUT2D eigenvalue weighted by Crippen LogP contribution is 2.38. The SMILES string of the molecule is CC#CCC(NN)C(C)C1CC1. The quantitative estimate of drug-likeness (QED) is 0.375. The van der Waals surface area contributed by atoms with Crippen LogP contribution in [0.3, 0.4) is 0 Å². The average molecular weight is 166 g/mol. The standard InChI is InChI=1S/C10H18N2/c1-3-4-5-10(12-11)8(2)9-6-7-9/h8-10,12H,5-7,11H2,1-2H3. The lowest BCUT2D eigenvalue weighted by atomic mass is 9.95. The average Bonchev–Trinajstić information content (AvgIpc) is 2.88. The van der Waals surface area contributed by atoms with Crippen LogP contribution in [0.25, 0.3) is 0 Å². The molecule has 1 aliphatic rings. The van der Waals surface area contributed by atoms with Gasteiger partial charge in [0.15, 0.2) is 0 Å². The van der Waals surface area contributed by atoms with Gasteiger partial charge in [0.25, 0.3) is 0 Å². The molecular weight excluding hydrogens is 148 g/mol. The fraction of sp³-hybridized carbons (Fsp3) is 0.800. The third kappa shape index (κ3) is 2.51. The molecule has 0 spiro atoms. The van der Waals surface area contributed by atoms with Crippen LogP contribution in [-0.4, -0.2) is 6.04 Å². The molecule has 1 aliphatic carbocycles. The largest absolute Gasteiger partial charge is 0.271 e. The monoisotopic (exact) mass is 166 g/mol. The summed E-state index contributed by atoms with van der Waals surface area (Å²) in [6.07, 6.45) is 3.63. The summed E-state index contributed by atoms with van der Waals surface area (Å²) in [5.74, 6) is 13.0. The minimum atomic E-state index is 0.380. The molecule has 2 unspecified atom stereocenters. The second-order valence-corrected chi connectivity index (χ2v) is 3.60. The van der Waals surface area contributed by atoms with Gasteiger partial charge in [0, 0.05) is 12.5 Å². The van der Waals surface area contributed by atoms with E-state index in [0.717, 1.165) is 12.3 Å². The van der Waals surface area contributed by atoms with Crippen molar-refractivity contribution < 1.29 is 0 Å². The van der Waals surface area contributed by atoms with Crippen molar-refractivity contribution in [1.82, 2.24) is 5.43 Å². The molecule has 0 heterocycles. The Morgan fingerprint density at radius 1 is 1.58 bits per heavy atom. The zero-order chi connectivity index (χ0) is 8.97. The molecule has 0 radical (unpaired) electrons. The maximum Gasteiger partial charge on any atom is 0.0348 e. The van der Waals surface area contributed by atoms with Gasteiger partial charge in [-0.1, -0.05) is 6.92 Å². The topological polar surface area (TPSA) is 38.0 Å². The van der Waals surface area contributed by atoms with Crippen LogP contribution in [0, 0.1) is 23.7 Å². The molecule has 0 aliphatic heterocycles. The smallest absolute Gasteiger partial charge is 0.0348 e. The fourth-order valence-corrected chi connectivity index (χ4v) is 1.56. The van der Waals surface area contributed by atoms with Crippen molar-refractivity contribution in [2.24, 2.45) is 17.7 Å².